The van der Waals surface area contributed by atoms with Crippen molar-refractivity contribution < 1.29 is 24.2 Å². The molecule has 3 rings (SSSR count). The number of benzene rings is 3. The van der Waals surface area contributed by atoms with E-state index in [1.165, 1.54) is 6.07 Å². The van der Waals surface area contributed by atoms with E-state index in [1.807, 2.05) is 0 Å². The maximum absolute atomic E-state index is 12.9. The fourth-order valence-corrected chi connectivity index (χ4v) is 2.77. The second kappa shape index (κ2) is 7.88. The van der Waals surface area contributed by atoms with Crippen molar-refractivity contribution in [2.24, 2.45) is 0 Å². The summed E-state index contributed by atoms with van der Waals surface area (Å²) in [6, 6.07) is 16.8. The standard InChI is InChI=1S/C20H14ClNO5/c21-11-16(23)27-15-10-12-6-4-5-9-14(12)17(18(15)20(25)26)19(24)22-13-7-2-1-3-8-13/h1-10H,11H2,(H,22,24)(H,25,26). The summed E-state index contributed by atoms with van der Waals surface area (Å²) in [5.41, 5.74) is 0.00787. The number of hydrogen-bond acceptors (Lipinski definition) is 4. The number of ether oxygens (including phenoxy) is 1. The van der Waals surface area contributed by atoms with Crippen LogP contribution in [0.1, 0.15) is 20.7 Å². The van der Waals surface area contributed by atoms with Crippen LogP contribution >= 0.6 is 11.6 Å². The van der Waals surface area contributed by atoms with Crippen LogP contribution in [-0.4, -0.2) is 28.8 Å². The van der Waals surface area contributed by atoms with Crippen molar-refractivity contribution in [3.8, 4) is 5.75 Å². The highest BCUT2D eigenvalue weighted by Gasteiger charge is 2.26. The minimum Gasteiger partial charge on any atom is -0.478 e. The van der Waals surface area contributed by atoms with E-state index in [1.54, 1.807) is 54.6 Å². The summed E-state index contributed by atoms with van der Waals surface area (Å²) in [5.74, 6) is -3.51. The zero-order valence-corrected chi connectivity index (χ0v) is 14.7. The zero-order chi connectivity index (χ0) is 19.4. The summed E-state index contributed by atoms with van der Waals surface area (Å²) < 4.78 is 5.07. The molecule has 0 aliphatic rings. The Morgan fingerprint density at radius 1 is 0.963 bits per heavy atom. The molecule has 0 bridgehead atoms. The third-order valence-corrected chi connectivity index (χ3v) is 4.04. The number of nitrogens with one attached hydrogen (secondary N) is 1. The molecule has 0 unspecified atom stereocenters. The third kappa shape index (κ3) is 3.91. The fraction of sp³-hybridized carbons (Fsp3) is 0.0500. The van der Waals surface area contributed by atoms with E-state index < -0.39 is 29.3 Å². The summed E-state index contributed by atoms with van der Waals surface area (Å²) in [6.45, 7) is 0. The van der Waals surface area contributed by atoms with Gasteiger partial charge in [0, 0.05) is 5.69 Å². The average Bonchev–Trinajstić information content (AvgIpc) is 2.67. The highest BCUT2D eigenvalue weighted by atomic mass is 35.5. The Morgan fingerprint density at radius 3 is 2.30 bits per heavy atom. The third-order valence-electron chi connectivity index (χ3n) is 3.82. The van der Waals surface area contributed by atoms with Crippen molar-refractivity contribution in [3.05, 3.63) is 71.8 Å². The molecule has 7 heteroatoms. The number of fused-ring (bicyclic) bond motifs is 1. The topological polar surface area (TPSA) is 92.7 Å². The normalized spacial score (nSPS) is 10.4. The van der Waals surface area contributed by atoms with Crippen LogP contribution in [-0.2, 0) is 4.79 Å². The van der Waals surface area contributed by atoms with Gasteiger partial charge in [-0.15, -0.1) is 11.6 Å². The molecule has 136 valence electrons. The predicted molar refractivity (Wildman–Crippen MR) is 102 cm³/mol. The van der Waals surface area contributed by atoms with Gasteiger partial charge in [-0.3, -0.25) is 9.59 Å². The SMILES string of the molecule is O=C(CCl)Oc1cc2ccccc2c(C(=O)Nc2ccccc2)c1C(=O)O. The van der Waals surface area contributed by atoms with E-state index in [4.69, 9.17) is 16.3 Å². The molecule has 0 heterocycles. The number of carboxylic acids is 1. The molecule has 0 saturated carbocycles. The van der Waals surface area contributed by atoms with Crippen molar-refractivity contribution >= 4 is 45.9 Å². The summed E-state index contributed by atoms with van der Waals surface area (Å²) in [7, 11) is 0. The minimum absolute atomic E-state index is 0.0955. The van der Waals surface area contributed by atoms with E-state index >= 15 is 0 Å². The van der Waals surface area contributed by atoms with Gasteiger partial charge in [-0.2, -0.15) is 0 Å². The Morgan fingerprint density at radius 2 is 1.63 bits per heavy atom. The van der Waals surface area contributed by atoms with Crippen LogP contribution in [0.5, 0.6) is 5.75 Å². The lowest BCUT2D eigenvalue weighted by atomic mass is 9.97. The highest BCUT2D eigenvalue weighted by molar-refractivity contribution is 6.26. The van der Waals surface area contributed by atoms with Crippen molar-refractivity contribution in [1.82, 2.24) is 0 Å². The second-order valence-corrected chi connectivity index (χ2v) is 5.85. The molecule has 0 radical (unpaired) electrons. The van der Waals surface area contributed by atoms with Crippen LogP contribution in [0, 0.1) is 0 Å². The molecule has 0 saturated heterocycles. The molecule has 3 aromatic rings. The lowest BCUT2D eigenvalue weighted by molar-refractivity contribution is -0.131. The van der Waals surface area contributed by atoms with Crippen LogP contribution < -0.4 is 10.1 Å². The van der Waals surface area contributed by atoms with E-state index in [2.05, 4.69) is 5.32 Å². The first-order chi connectivity index (χ1) is 13.0. The number of aromatic carboxylic acids is 1. The molecule has 3 aromatic carbocycles. The van der Waals surface area contributed by atoms with Crippen molar-refractivity contribution in [3.63, 3.8) is 0 Å². The lowest BCUT2D eigenvalue weighted by Crippen LogP contribution is -2.20. The Hall–Kier alpha value is -3.38. The maximum Gasteiger partial charge on any atom is 0.340 e. The molecule has 0 aliphatic heterocycles. The molecular weight excluding hydrogens is 370 g/mol. The van der Waals surface area contributed by atoms with E-state index in [0.717, 1.165) is 0 Å². The van der Waals surface area contributed by atoms with E-state index in [-0.39, 0.29) is 11.3 Å². The fourth-order valence-electron chi connectivity index (χ4n) is 2.72. The number of halogens is 1. The summed E-state index contributed by atoms with van der Waals surface area (Å²) in [4.78, 5) is 36.4. The molecule has 0 fully saturated rings. The number of anilines is 1. The monoisotopic (exact) mass is 383 g/mol. The van der Waals surface area contributed by atoms with Gasteiger partial charge >= 0.3 is 11.9 Å². The smallest absolute Gasteiger partial charge is 0.340 e. The van der Waals surface area contributed by atoms with Gasteiger partial charge in [-0.25, -0.2) is 4.79 Å². The van der Waals surface area contributed by atoms with Crippen molar-refractivity contribution in [1.29, 1.82) is 0 Å². The van der Waals surface area contributed by atoms with Gasteiger partial charge in [0.1, 0.15) is 17.2 Å². The van der Waals surface area contributed by atoms with Gasteiger partial charge in [-0.05, 0) is 29.0 Å². The first-order valence-corrected chi connectivity index (χ1v) is 8.46. The van der Waals surface area contributed by atoms with Crippen LogP contribution in [0.2, 0.25) is 0 Å². The van der Waals surface area contributed by atoms with Crippen LogP contribution in [0.25, 0.3) is 10.8 Å². The van der Waals surface area contributed by atoms with Gasteiger partial charge in [0.15, 0.2) is 0 Å². The Bertz CT molecular complexity index is 1030. The highest BCUT2D eigenvalue weighted by Crippen LogP contribution is 2.32. The molecule has 0 atom stereocenters. The van der Waals surface area contributed by atoms with Gasteiger partial charge in [-0.1, -0.05) is 42.5 Å². The average molecular weight is 384 g/mol. The maximum atomic E-state index is 12.9. The summed E-state index contributed by atoms with van der Waals surface area (Å²) in [5, 5.41) is 13.4. The second-order valence-electron chi connectivity index (χ2n) is 5.58. The molecule has 0 aliphatic carbocycles. The Kier molecular flexibility index (Phi) is 5.38. The van der Waals surface area contributed by atoms with Crippen LogP contribution in [0.15, 0.2) is 60.7 Å². The number of amides is 1. The van der Waals surface area contributed by atoms with Gasteiger partial charge in [0.05, 0.1) is 5.56 Å². The number of esters is 1. The first-order valence-electron chi connectivity index (χ1n) is 7.93. The molecule has 27 heavy (non-hydrogen) atoms. The number of alkyl halides is 1. The predicted octanol–water partition coefficient (Wildman–Crippen LogP) is 3.93. The number of hydrogen-bond donors (Lipinski definition) is 2. The van der Waals surface area contributed by atoms with Crippen molar-refractivity contribution in [2.45, 2.75) is 0 Å². The largest absolute Gasteiger partial charge is 0.478 e. The number of carbonyl (C=O) groups excluding carboxylic acids is 2. The zero-order valence-electron chi connectivity index (χ0n) is 13.9. The molecule has 2 N–H and O–H groups in total. The van der Waals surface area contributed by atoms with E-state index in [9.17, 15) is 19.5 Å². The number of carboxylic acid groups (broad SMARTS) is 1. The Balaban J connectivity index is 2.21. The van der Waals surface area contributed by atoms with Gasteiger partial charge < -0.3 is 15.2 Å². The van der Waals surface area contributed by atoms with Gasteiger partial charge in [0.25, 0.3) is 5.91 Å². The number of para-hydroxylation sites is 1. The number of rotatable bonds is 5. The molecule has 1 amide bonds. The van der Waals surface area contributed by atoms with Gasteiger partial charge in [0.2, 0.25) is 0 Å². The Labute approximate surface area is 159 Å². The molecule has 0 spiro atoms. The minimum atomic E-state index is -1.39. The van der Waals surface area contributed by atoms with Crippen molar-refractivity contribution in [2.75, 3.05) is 11.2 Å². The lowest BCUT2D eigenvalue weighted by Gasteiger charge is -2.15. The van der Waals surface area contributed by atoms with E-state index in [0.29, 0.717) is 16.5 Å². The summed E-state index contributed by atoms with van der Waals surface area (Å²) in [6.07, 6.45) is 0. The quantitative estimate of drug-likeness (QED) is 0.395. The molecular formula is C20H14ClNO5. The molecule has 6 nitrogen and oxygen atoms in total. The number of carbonyl (C=O) groups is 3. The molecule has 0 aromatic heterocycles. The van der Waals surface area contributed by atoms with Crippen LogP contribution in [0.4, 0.5) is 5.69 Å². The first kappa shape index (κ1) is 18.4. The van der Waals surface area contributed by atoms with Crippen LogP contribution in [0.3, 0.4) is 0 Å². The summed E-state index contributed by atoms with van der Waals surface area (Å²) >= 11 is 5.46.